The third-order valence-electron chi connectivity index (χ3n) is 6.38. The molecule has 1 fully saturated rings. The lowest BCUT2D eigenvalue weighted by atomic mass is 9.83. The van der Waals surface area contributed by atoms with Crippen molar-refractivity contribution in [2.75, 3.05) is 26.7 Å². The molecule has 0 unspecified atom stereocenters. The van der Waals surface area contributed by atoms with Crippen molar-refractivity contribution in [1.82, 2.24) is 19.7 Å². The number of amides is 2. The first-order chi connectivity index (χ1) is 16.2. The van der Waals surface area contributed by atoms with Crippen LogP contribution in [0.25, 0.3) is 10.9 Å². The second-order valence-electron chi connectivity index (χ2n) is 9.32. The van der Waals surface area contributed by atoms with Crippen LogP contribution in [-0.4, -0.2) is 66.3 Å². The van der Waals surface area contributed by atoms with E-state index in [2.05, 4.69) is 4.98 Å². The molecule has 1 aromatic heterocycles. The molecular weight excluding hydrogens is 456 g/mol. The van der Waals surface area contributed by atoms with Crippen molar-refractivity contribution in [3.05, 3.63) is 36.5 Å². The van der Waals surface area contributed by atoms with E-state index in [0.29, 0.717) is 30.4 Å². The number of nitrogens with one attached hydrogen (secondary N) is 1. The molecule has 1 aliphatic heterocycles. The van der Waals surface area contributed by atoms with Crippen molar-refractivity contribution < 1.29 is 23.2 Å². The maximum Gasteiger partial charge on any atom is 0.248 e. The van der Waals surface area contributed by atoms with Gasteiger partial charge in [-0.1, -0.05) is 32.0 Å². The smallest absolute Gasteiger partial charge is 0.248 e. The maximum absolute atomic E-state index is 13.5. The Morgan fingerprint density at radius 3 is 2.44 bits per heavy atom. The van der Waals surface area contributed by atoms with Gasteiger partial charge in [-0.15, -0.1) is 0 Å². The Hall–Kier alpha value is -2.56. The zero-order valence-electron chi connectivity index (χ0n) is 20.0. The molecule has 0 radical (unpaired) electrons. The molecule has 2 N–H and O–H groups in total. The Bertz CT molecular complexity index is 1110. The Balaban J connectivity index is 1.94. The van der Waals surface area contributed by atoms with Gasteiger partial charge in [0.1, 0.15) is 4.90 Å². The van der Waals surface area contributed by atoms with Gasteiger partial charge in [-0.3, -0.25) is 19.8 Å². The van der Waals surface area contributed by atoms with Crippen molar-refractivity contribution in [3.63, 3.8) is 0 Å². The molecule has 1 aliphatic rings. The third kappa shape index (κ3) is 5.73. The van der Waals surface area contributed by atoms with Crippen LogP contribution >= 0.6 is 0 Å². The van der Waals surface area contributed by atoms with E-state index in [0.717, 1.165) is 23.6 Å². The molecule has 1 aromatic carbocycles. The first-order valence-corrected chi connectivity index (χ1v) is 13.1. The molecule has 2 amide bonds. The summed E-state index contributed by atoms with van der Waals surface area (Å²) in [7, 11) is -2.65. The highest BCUT2D eigenvalue weighted by molar-refractivity contribution is 7.89. The summed E-state index contributed by atoms with van der Waals surface area (Å²) in [6.07, 6.45) is 4.79. The van der Waals surface area contributed by atoms with Gasteiger partial charge >= 0.3 is 0 Å². The number of hydrogen-bond donors (Lipinski definition) is 2. The van der Waals surface area contributed by atoms with E-state index >= 15 is 0 Å². The Labute approximate surface area is 201 Å². The standard InChI is InChI=1S/C24H34N4O5S/c1-17(2)15-19(24(30)28-13-5-4-6-14-28)20(23(29)26-31)16-27(3)34(32,33)21-11-7-9-18-10-8-12-25-22(18)21/h7-12,17,19-20,31H,4-6,13-16H2,1-3H3,(H,26,29)/t19-,20+/m1/s1. The number of pyridine rings is 1. The summed E-state index contributed by atoms with van der Waals surface area (Å²) in [6.45, 7) is 4.89. The van der Waals surface area contributed by atoms with E-state index in [4.69, 9.17) is 0 Å². The van der Waals surface area contributed by atoms with Gasteiger partial charge in [0, 0.05) is 38.3 Å². The van der Waals surface area contributed by atoms with Crippen LogP contribution in [0.3, 0.4) is 0 Å². The van der Waals surface area contributed by atoms with Crippen LogP contribution < -0.4 is 5.48 Å². The van der Waals surface area contributed by atoms with Crippen molar-refractivity contribution in [2.45, 2.75) is 44.4 Å². The Morgan fingerprint density at radius 2 is 1.79 bits per heavy atom. The Morgan fingerprint density at radius 1 is 1.12 bits per heavy atom. The fraction of sp³-hybridized carbons (Fsp3) is 0.542. The SMILES string of the molecule is CC(C)C[C@@H](C(=O)N1CCCCC1)[C@H](CN(C)S(=O)(=O)c1cccc2cccnc12)C(=O)NO. The molecule has 3 rings (SSSR count). The summed E-state index contributed by atoms with van der Waals surface area (Å²) in [5.74, 6) is -2.65. The summed E-state index contributed by atoms with van der Waals surface area (Å²) in [6, 6.07) is 8.41. The van der Waals surface area contributed by atoms with Gasteiger partial charge in [0.15, 0.2) is 0 Å². The predicted octanol–water partition coefficient (Wildman–Crippen LogP) is 2.65. The number of sulfonamides is 1. The molecule has 10 heteroatoms. The first-order valence-electron chi connectivity index (χ1n) is 11.7. The lowest BCUT2D eigenvalue weighted by molar-refractivity contribution is -0.146. The molecular formula is C24H34N4O5S. The number of piperidine rings is 1. The number of fused-ring (bicyclic) bond motifs is 1. The van der Waals surface area contributed by atoms with Crippen LogP contribution in [0.1, 0.15) is 39.5 Å². The minimum atomic E-state index is -4.03. The van der Waals surface area contributed by atoms with Gasteiger partial charge in [0.05, 0.1) is 17.4 Å². The summed E-state index contributed by atoms with van der Waals surface area (Å²) >= 11 is 0. The van der Waals surface area contributed by atoms with Crippen molar-refractivity contribution in [1.29, 1.82) is 0 Å². The van der Waals surface area contributed by atoms with Crippen LogP contribution in [0.2, 0.25) is 0 Å². The number of para-hydroxylation sites is 1. The van der Waals surface area contributed by atoms with E-state index in [1.807, 2.05) is 13.8 Å². The molecule has 0 bridgehead atoms. The summed E-state index contributed by atoms with van der Waals surface area (Å²) in [4.78, 5) is 32.3. The average Bonchev–Trinajstić information content (AvgIpc) is 2.84. The second kappa shape index (κ2) is 11.2. The minimum absolute atomic E-state index is 0.0269. The normalized spacial score (nSPS) is 16.6. The molecule has 1 saturated heterocycles. The van der Waals surface area contributed by atoms with Crippen LogP contribution in [0.5, 0.6) is 0 Å². The van der Waals surface area contributed by atoms with Gasteiger partial charge in [0.2, 0.25) is 21.8 Å². The molecule has 9 nitrogen and oxygen atoms in total. The fourth-order valence-electron chi connectivity index (χ4n) is 4.60. The number of aromatic nitrogens is 1. The highest BCUT2D eigenvalue weighted by atomic mass is 32.2. The highest BCUT2D eigenvalue weighted by Gasteiger charge is 2.39. The van der Waals surface area contributed by atoms with Crippen molar-refractivity contribution in [2.24, 2.45) is 17.8 Å². The minimum Gasteiger partial charge on any atom is -0.342 e. The largest absolute Gasteiger partial charge is 0.342 e. The predicted molar refractivity (Wildman–Crippen MR) is 128 cm³/mol. The number of hydroxylamine groups is 1. The number of benzene rings is 1. The Kier molecular flexibility index (Phi) is 8.62. The number of nitrogens with zero attached hydrogens (tertiary/aromatic N) is 3. The number of carbonyl (C=O) groups is 2. The van der Waals surface area contributed by atoms with E-state index in [1.54, 1.807) is 34.6 Å². The highest BCUT2D eigenvalue weighted by Crippen LogP contribution is 2.29. The number of rotatable bonds is 9. The first kappa shape index (κ1) is 26.1. The maximum atomic E-state index is 13.5. The van der Waals surface area contributed by atoms with Crippen LogP contribution in [0, 0.1) is 17.8 Å². The molecule has 34 heavy (non-hydrogen) atoms. The molecule has 2 heterocycles. The van der Waals surface area contributed by atoms with Gasteiger partial charge in [-0.2, -0.15) is 0 Å². The summed E-state index contributed by atoms with van der Waals surface area (Å²) in [5.41, 5.74) is 2.00. The zero-order chi connectivity index (χ0) is 24.9. The number of hydrogen-bond acceptors (Lipinski definition) is 6. The number of carbonyl (C=O) groups excluding carboxylic acids is 2. The van der Waals surface area contributed by atoms with Gasteiger partial charge in [0.25, 0.3) is 0 Å². The lowest BCUT2D eigenvalue weighted by Gasteiger charge is -2.35. The monoisotopic (exact) mass is 490 g/mol. The molecule has 0 saturated carbocycles. The molecule has 0 spiro atoms. The van der Waals surface area contributed by atoms with E-state index in [1.165, 1.54) is 19.3 Å². The van der Waals surface area contributed by atoms with E-state index < -0.39 is 27.8 Å². The summed E-state index contributed by atoms with van der Waals surface area (Å²) < 4.78 is 28.1. The lowest BCUT2D eigenvalue weighted by Crippen LogP contribution is -2.49. The van der Waals surface area contributed by atoms with Crippen LogP contribution in [-0.2, 0) is 19.6 Å². The van der Waals surface area contributed by atoms with E-state index in [9.17, 15) is 23.2 Å². The molecule has 2 aromatic rings. The van der Waals surface area contributed by atoms with Crippen LogP contribution in [0.4, 0.5) is 0 Å². The van der Waals surface area contributed by atoms with Crippen molar-refractivity contribution in [3.8, 4) is 0 Å². The molecule has 186 valence electrons. The van der Waals surface area contributed by atoms with Gasteiger partial charge < -0.3 is 4.90 Å². The molecule has 2 atom stereocenters. The van der Waals surface area contributed by atoms with Crippen LogP contribution in [0.15, 0.2) is 41.4 Å². The van der Waals surface area contributed by atoms with Gasteiger partial charge in [-0.05, 0) is 43.7 Å². The van der Waals surface area contributed by atoms with Gasteiger partial charge in [-0.25, -0.2) is 18.2 Å². The zero-order valence-corrected chi connectivity index (χ0v) is 20.8. The number of likely N-dealkylation sites (tertiary alicyclic amines) is 1. The quantitative estimate of drug-likeness (QED) is 0.412. The topological polar surface area (TPSA) is 120 Å². The second-order valence-corrected chi connectivity index (χ2v) is 11.3. The summed E-state index contributed by atoms with van der Waals surface area (Å²) in [5, 5.41) is 10.1. The third-order valence-corrected chi connectivity index (χ3v) is 8.24. The average molecular weight is 491 g/mol. The molecule has 0 aliphatic carbocycles. The van der Waals surface area contributed by atoms with E-state index in [-0.39, 0.29) is 23.3 Å². The fourth-order valence-corrected chi connectivity index (χ4v) is 5.96. The van der Waals surface area contributed by atoms with Crippen molar-refractivity contribution >= 4 is 32.7 Å².